The van der Waals surface area contributed by atoms with Crippen LogP contribution in [0.3, 0.4) is 0 Å². The van der Waals surface area contributed by atoms with Crippen LogP contribution in [0.1, 0.15) is 27.6 Å². The predicted octanol–water partition coefficient (Wildman–Crippen LogP) is 1.95. The fraction of sp³-hybridized carbons (Fsp3) is 0.188. The maximum absolute atomic E-state index is 11.3. The molecule has 0 fully saturated rings. The van der Waals surface area contributed by atoms with Crippen LogP contribution < -0.4 is 0 Å². The lowest BCUT2D eigenvalue weighted by Gasteiger charge is -2.10. The van der Waals surface area contributed by atoms with Gasteiger partial charge in [0, 0.05) is 38.4 Å². The van der Waals surface area contributed by atoms with Crippen LogP contribution >= 0.6 is 0 Å². The molecule has 0 aliphatic heterocycles. The number of carbonyl (C=O) groups is 1. The summed E-state index contributed by atoms with van der Waals surface area (Å²) in [6, 6.07) is 7.02. The summed E-state index contributed by atoms with van der Waals surface area (Å²) in [6.45, 7) is 0.474. The van der Waals surface area contributed by atoms with Gasteiger partial charge in [-0.2, -0.15) is 0 Å². The van der Waals surface area contributed by atoms with E-state index in [-0.39, 0.29) is 0 Å². The molecule has 0 amide bonds. The molecule has 22 heavy (non-hydrogen) atoms. The van der Waals surface area contributed by atoms with Crippen LogP contribution in [0.2, 0.25) is 0 Å². The maximum Gasteiger partial charge on any atom is 0.336 e. The number of rotatable bonds is 5. The molecule has 6 nitrogen and oxygen atoms in total. The molecule has 1 N–H and O–H groups in total. The number of aryl methyl sites for hydroxylation is 1. The van der Waals surface area contributed by atoms with Crippen molar-refractivity contribution in [2.24, 2.45) is 7.05 Å². The van der Waals surface area contributed by atoms with E-state index in [0.717, 1.165) is 17.2 Å². The monoisotopic (exact) mass is 296 g/mol. The van der Waals surface area contributed by atoms with E-state index in [4.69, 9.17) is 0 Å². The van der Waals surface area contributed by atoms with Crippen molar-refractivity contribution in [1.82, 2.24) is 19.1 Å². The Labute approximate surface area is 127 Å². The molecule has 6 heteroatoms. The molecule has 3 rings (SSSR count). The second-order valence-electron chi connectivity index (χ2n) is 5.06. The van der Waals surface area contributed by atoms with Crippen molar-refractivity contribution in [3.05, 3.63) is 71.8 Å². The van der Waals surface area contributed by atoms with E-state index in [9.17, 15) is 9.90 Å². The maximum atomic E-state index is 11.3. The lowest BCUT2D eigenvalue weighted by atomic mass is 10.1. The van der Waals surface area contributed by atoms with Gasteiger partial charge >= 0.3 is 5.97 Å². The molecular weight excluding hydrogens is 280 g/mol. The topological polar surface area (TPSA) is 72.9 Å². The van der Waals surface area contributed by atoms with Crippen LogP contribution in [0.15, 0.2) is 49.1 Å². The van der Waals surface area contributed by atoms with E-state index in [2.05, 4.69) is 9.97 Å². The summed E-state index contributed by atoms with van der Waals surface area (Å²) in [6.07, 6.45) is 7.83. The molecule has 0 spiro atoms. The number of imidazole rings is 2. The first-order chi connectivity index (χ1) is 10.6. The second kappa shape index (κ2) is 5.85. The molecule has 3 aromatic rings. The van der Waals surface area contributed by atoms with Gasteiger partial charge in [-0.3, -0.25) is 0 Å². The molecule has 0 saturated carbocycles. The van der Waals surface area contributed by atoms with Crippen LogP contribution in [-0.4, -0.2) is 30.2 Å². The Bertz CT molecular complexity index is 804. The van der Waals surface area contributed by atoms with Gasteiger partial charge in [-0.1, -0.05) is 18.2 Å². The Morgan fingerprint density at radius 1 is 1.14 bits per heavy atom. The van der Waals surface area contributed by atoms with Crippen LogP contribution in [-0.2, 0) is 20.0 Å². The third-order valence-corrected chi connectivity index (χ3v) is 3.63. The summed E-state index contributed by atoms with van der Waals surface area (Å²) in [5.74, 6) is 0.856. The molecule has 0 saturated heterocycles. The predicted molar refractivity (Wildman–Crippen MR) is 80.7 cm³/mol. The zero-order valence-corrected chi connectivity index (χ0v) is 12.2. The molecule has 0 atom stereocenters. The summed E-state index contributed by atoms with van der Waals surface area (Å²) in [4.78, 5) is 20.0. The van der Waals surface area contributed by atoms with E-state index in [1.807, 2.05) is 40.7 Å². The minimum Gasteiger partial charge on any atom is -0.478 e. The normalized spacial score (nSPS) is 10.8. The first kappa shape index (κ1) is 14.1. The molecule has 0 unspecified atom stereocenters. The largest absolute Gasteiger partial charge is 0.478 e. The molecule has 2 aromatic heterocycles. The van der Waals surface area contributed by atoms with Gasteiger partial charge in [-0.05, 0) is 11.6 Å². The first-order valence-corrected chi connectivity index (χ1v) is 6.92. The van der Waals surface area contributed by atoms with Gasteiger partial charge in [-0.25, -0.2) is 14.8 Å². The Kier molecular flexibility index (Phi) is 3.74. The summed E-state index contributed by atoms with van der Waals surface area (Å²) in [5, 5.41) is 9.27. The Morgan fingerprint density at radius 2 is 1.86 bits per heavy atom. The van der Waals surface area contributed by atoms with E-state index >= 15 is 0 Å². The van der Waals surface area contributed by atoms with Crippen molar-refractivity contribution < 1.29 is 9.90 Å². The van der Waals surface area contributed by atoms with Crippen molar-refractivity contribution >= 4 is 5.97 Å². The third kappa shape index (κ3) is 2.76. The third-order valence-electron chi connectivity index (χ3n) is 3.63. The van der Waals surface area contributed by atoms with Gasteiger partial charge in [0.15, 0.2) is 0 Å². The lowest BCUT2D eigenvalue weighted by molar-refractivity contribution is 0.0695. The highest BCUT2D eigenvalue weighted by molar-refractivity contribution is 5.89. The molecule has 112 valence electrons. The summed E-state index contributed by atoms with van der Waals surface area (Å²) >= 11 is 0. The Hall–Kier alpha value is -2.89. The summed E-state index contributed by atoms with van der Waals surface area (Å²) in [5.41, 5.74) is 1.08. The standard InChI is InChI=1S/C16H16N4O2/c1-19-8-6-17-14(19)10-15-18-7-9-20(15)11-12-4-2-3-5-13(12)16(21)22/h2-9H,10-11H2,1H3,(H,21,22). The highest BCUT2D eigenvalue weighted by Crippen LogP contribution is 2.13. The van der Waals surface area contributed by atoms with Gasteiger partial charge in [0.05, 0.1) is 12.0 Å². The molecular formula is C16H16N4O2. The molecule has 0 radical (unpaired) electrons. The highest BCUT2D eigenvalue weighted by atomic mass is 16.4. The second-order valence-corrected chi connectivity index (χ2v) is 5.06. The van der Waals surface area contributed by atoms with E-state index in [0.29, 0.717) is 18.5 Å². The first-order valence-electron chi connectivity index (χ1n) is 6.92. The molecule has 1 aromatic carbocycles. The van der Waals surface area contributed by atoms with E-state index in [1.165, 1.54) is 0 Å². The average molecular weight is 296 g/mol. The minimum absolute atomic E-state index is 0.319. The van der Waals surface area contributed by atoms with Crippen LogP contribution in [0.5, 0.6) is 0 Å². The number of carboxylic acid groups (broad SMARTS) is 1. The van der Waals surface area contributed by atoms with Crippen molar-refractivity contribution in [2.45, 2.75) is 13.0 Å². The molecule has 0 aliphatic carbocycles. The number of hydrogen-bond donors (Lipinski definition) is 1. The quantitative estimate of drug-likeness (QED) is 0.781. The fourth-order valence-corrected chi connectivity index (χ4v) is 2.41. The van der Waals surface area contributed by atoms with Crippen molar-refractivity contribution in [2.75, 3.05) is 0 Å². The zero-order chi connectivity index (χ0) is 15.5. The summed E-state index contributed by atoms with van der Waals surface area (Å²) in [7, 11) is 1.94. The summed E-state index contributed by atoms with van der Waals surface area (Å²) < 4.78 is 3.90. The van der Waals surface area contributed by atoms with Crippen LogP contribution in [0.25, 0.3) is 0 Å². The minimum atomic E-state index is -0.915. The average Bonchev–Trinajstić information content (AvgIpc) is 3.10. The van der Waals surface area contributed by atoms with Gasteiger partial charge in [0.1, 0.15) is 11.6 Å². The number of carboxylic acids is 1. The molecule has 0 bridgehead atoms. The Morgan fingerprint density at radius 3 is 2.59 bits per heavy atom. The molecule has 2 heterocycles. The number of hydrogen-bond acceptors (Lipinski definition) is 3. The lowest BCUT2D eigenvalue weighted by Crippen LogP contribution is -2.10. The van der Waals surface area contributed by atoms with Crippen molar-refractivity contribution in [3.63, 3.8) is 0 Å². The molecule has 0 aliphatic rings. The van der Waals surface area contributed by atoms with E-state index in [1.54, 1.807) is 24.5 Å². The Balaban J connectivity index is 1.87. The number of aromatic nitrogens is 4. The smallest absolute Gasteiger partial charge is 0.336 e. The number of nitrogens with zero attached hydrogens (tertiary/aromatic N) is 4. The SMILES string of the molecule is Cn1ccnc1Cc1nccn1Cc1ccccc1C(=O)O. The van der Waals surface area contributed by atoms with Crippen LogP contribution in [0.4, 0.5) is 0 Å². The van der Waals surface area contributed by atoms with Gasteiger partial charge in [0.25, 0.3) is 0 Å². The van der Waals surface area contributed by atoms with Gasteiger partial charge in [-0.15, -0.1) is 0 Å². The zero-order valence-electron chi connectivity index (χ0n) is 12.2. The number of benzene rings is 1. The van der Waals surface area contributed by atoms with Crippen molar-refractivity contribution in [1.29, 1.82) is 0 Å². The van der Waals surface area contributed by atoms with E-state index < -0.39 is 5.97 Å². The van der Waals surface area contributed by atoms with Gasteiger partial charge < -0.3 is 14.2 Å². The van der Waals surface area contributed by atoms with Crippen molar-refractivity contribution in [3.8, 4) is 0 Å². The van der Waals surface area contributed by atoms with Gasteiger partial charge in [0.2, 0.25) is 0 Å². The fourth-order valence-electron chi connectivity index (χ4n) is 2.41. The number of aromatic carboxylic acids is 1. The highest BCUT2D eigenvalue weighted by Gasteiger charge is 2.12. The van der Waals surface area contributed by atoms with Crippen LogP contribution in [0, 0.1) is 0 Å².